The Morgan fingerprint density at radius 3 is 2.44 bits per heavy atom. The van der Waals surface area contributed by atoms with Crippen molar-refractivity contribution in [3.8, 4) is 0 Å². The molecule has 3 N–H and O–H groups in total. The van der Waals surface area contributed by atoms with E-state index in [9.17, 15) is 0 Å². The fourth-order valence-electron chi connectivity index (χ4n) is 2.83. The van der Waals surface area contributed by atoms with Gasteiger partial charge in [-0.3, -0.25) is 0 Å². The minimum atomic E-state index is 0.398. The highest BCUT2D eigenvalue weighted by molar-refractivity contribution is 4.80. The van der Waals surface area contributed by atoms with Crippen LogP contribution in [0.1, 0.15) is 53.4 Å². The monoisotopic (exact) mass is 226 g/mol. The zero-order chi connectivity index (χ0) is 12.2. The van der Waals surface area contributed by atoms with Gasteiger partial charge in [-0.1, -0.05) is 27.7 Å². The lowest BCUT2D eigenvalue weighted by Crippen LogP contribution is -2.36. The summed E-state index contributed by atoms with van der Waals surface area (Å²) in [5.74, 6) is 1.55. The Bertz CT molecular complexity index is 195. The van der Waals surface area contributed by atoms with Crippen LogP contribution in [0.5, 0.6) is 0 Å². The average molecular weight is 226 g/mol. The quantitative estimate of drug-likeness (QED) is 0.756. The molecule has 0 aliphatic heterocycles. The van der Waals surface area contributed by atoms with Gasteiger partial charge in [0.2, 0.25) is 0 Å². The van der Waals surface area contributed by atoms with Gasteiger partial charge >= 0.3 is 0 Å². The standard InChI is InChI=1S/C14H30N2/c1-11-5-6-13(7-11)16-10-12(9-15)8-14(2,3)4/h11-13,16H,5-10,15H2,1-4H3. The van der Waals surface area contributed by atoms with Crippen molar-refractivity contribution in [2.24, 2.45) is 23.0 Å². The van der Waals surface area contributed by atoms with Gasteiger partial charge in [0, 0.05) is 6.04 Å². The summed E-state index contributed by atoms with van der Waals surface area (Å²) in [6, 6.07) is 0.754. The summed E-state index contributed by atoms with van der Waals surface area (Å²) in [4.78, 5) is 0. The summed E-state index contributed by atoms with van der Waals surface area (Å²) in [6.07, 6.45) is 5.32. The Balaban J connectivity index is 2.23. The number of hydrogen-bond acceptors (Lipinski definition) is 2. The number of rotatable bonds is 5. The summed E-state index contributed by atoms with van der Waals surface area (Å²) in [6.45, 7) is 11.2. The van der Waals surface area contributed by atoms with E-state index >= 15 is 0 Å². The summed E-state index contributed by atoms with van der Waals surface area (Å²) in [5.41, 5.74) is 6.25. The van der Waals surface area contributed by atoms with Crippen molar-refractivity contribution in [1.82, 2.24) is 5.32 Å². The van der Waals surface area contributed by atoms with Crippen molar-refractivity contribution in [3.63, 3.8) is 0 Å². The highest BCUT2D eigenvalue weighted by Gasteiger charge is 2.23. The van der Waals surface area contributed by atoms with Crippen LogP contribution < -0.4 is 11.1 Å². The predicted octanol–water partition coefficient (Wildman–Crippen LogP) is 2.78. The fourth-order valence-corrected chi connectivity index (χ4v) is 2.83. The summed E-state index contributed by atoms with van der Waals surface area (Å²) >= 11 is 0. The average Bonchev–Trinajstić information content (AvgIpc) is 2.57. The molecule has 0 aromatic carbocycles. The number of nitrogens with one attached hydrogen (secondary N) is 1. The van der Waals surface area contributed by atoms with Crippen LogP contribution in [0.2, 0.25) is 0 Å². The van der Waals surface area contributed by atoms with E-state index in [2.05, 4.69) is 33.0 Å². The first-order valence-corrected chi connectivity index (χ1v) is 6.84. The van der Waals surface area contributed by atoms with Crippen LogP contribution in [0.25, 0.3) is 0 Å². The lowest BCUT2D eigenvalue weighted by molar-refractivity contribution is 0.282. The number of hydrogen-bond donors (Lipinski definition) is 2. The first kappa shape index (κ1) is 14.0. The maximum atomic E-state index is 5.85. The van der Waals surface area contributed by atoms with Gasteiger partial charge in [0.15, 0.2) is 0 Å². The Hall–Kier alpha value is -0.0800. The van der Waals surface area contributed by atoms with Gasteiger partial charge in [0.05, 0.1) is 0 Å². The van der Waals surface area contributed by atoms with Crippen LogP contribution in [0.4, 0.5) is 0 Å². The molecule has 96 valence electrons. The molecule has 0 radical (unpaired) electrons. The van der Waals surface area contributed by atoms with Crippen LogP contribution in [0, 0.1) is 17.3 Å². The van der Waals surface area contributed by atoms with Crippen molar-refractivity contribution in [2.75, 3.05) is 13.1 Å². The zero-order valence-corrected chi connectivity index (χ0v) is 11.6. The van der Waals surface area contributed by atoms with Gasteiger partial charge in [0.25, 0.3) is 0 Å². The summed E-state index contributed by atoms with van der Waals surface area (Å²) in [7, 11) is 0. The summed E-state index contributed by atoms with van der Waals surface area (Å²) < 4.78 is 0. The molecule has 1 rings (SSSR count). The second kappa shape index (κ2) is 6.02. The molecule has 0 saturated heterocycles. The van der Waals surface area contributed by atoms with Crippen LogP contribution in [0.15, 0.2) is 0 Å². The molecule has 2 heteroatoms. The first-order chi connectivity index (χ1) is 7.40. The topological polar surface area (TPSA) is 38.0 Å². The molecule has 2 nitrogen and oxygen atoms in total. The molecule has 0 heterocycles. The molecule has 0 amide bonds. The fraction of sp³-hybridized carbons (Fsp3) is 1.00. The molecule has 3 atom stereocenters. The van der Waals surface area contributed by atoms with Crippen molar-refractivity contribution < 1.29 is 0 Å². The third-order valence-electron chi connectivity index (χ3n) is 3.62. The maximum absolute atomic E-state index is 5.85. The molecular weight excluding hydrogens is 196 g/mol. The van der Waals surface area contributed by atoms with E-state index in [1.54, 1.807) is 0 Å². The van der Waals surface area contributed by atoms with Crippen molar-refractivity contribution in [2.45, 2.75) is 59.4 Å². The molecule has 1 saturated carbocycles. The normalized spacial score (nSPS) is 28.3. The van der Waals surface area contributed by atoms with E-state index in [4.69, 9.17) is 5.73 Å². The molecule has 1 aliphatic rings. The maximum Gasteiger partial charge on any atom is 0.00698 e. The van der Waals surface area contributed by atoms with Gasteiger partial charge in [-0.15, -0.1) is 0 Å². The minimum absolute atomic E-state index is 0.398. The van der Waals surface area contributed by atoms with E-state index in [1.165, 1.54) is 25.7 Å². The smallest absolute Gasteiger partial charge is 0.00698 e. The Morgan fingerprint density at radius 2 is 2.00 bits per heavy atom. The third-order valence-corrected chi connectivity index (χ3v) is 3.62. The van der Waals surface area contributed by atoms with Gasteiger partial charge < -0.3 is 11.1 Å². The molecule has 0 aromatic heterocycles. The van der Waals surface area contributed by atoms with E-state index in [0.29, 0.717) is 11.3 Å². The second-order valence-electron chi connectivity index (χ2n) is 6.89. The molecule has 0 bridgehead atoms. The molecule has 0 spiro atoms. The predicted molar refractivity (Wildman–Crippen MR) is 71.4 cm³/mol. The van der Waals surface area contributed by atoms with Crippen LogP contribution >= 0.6 is 0 Å². The van der Waals surface area contributed by atoms with Gasteiger partial charge in [-0.2, -0.15) is 0 Å². The largest absolute Gasteiger partial charge is 0.330 e. The number of nitrogens with two attached hydrogens (primary N) is 1. The Kier molecular flexibility index (Phi) is 5.26. The molecule has 3 unspecified atom stereocenters. The molecule has 16 heavy (non-hydrogen) atoms. The molecule has 1 fully saturated rings. The van der Waals surface area contributed by atoms with Crippen LogP contribution in [-0.4, -0.2) is 19.1 Å². The highest BCUT2D eigenvalue weighted by atomic mass is 14.9. The van der Waals surface area contributed by atoms with E-state index < -0.39 is 0 Å². The van der Waals surface area contributed by atoms with Crippen molar-refractivity contribution >= 4 is 0 Å². The highest BCUT2D eigenvalue weighted by Crippen LogP contribution is 2.26. The van der Waals surface area contributed by atoms with Gasteiger partial charge in [-0.05, 0) is 56.0 Å². The first-order valence-electron chi connectivity index (χ1n) is 6.84. The Morgan fingerprint density at radius 1 is 1.31 bits per heavy atom. The van der Waals surface area contributed by atoms with Crippen molar-refractivity contribution in [3.05, 3.63) is 0 Å². The van der Waals surface area contributed by atoms with E-state index in [1.807, 2.05) is 0 Å². The minimum Gasteiger partial charge on any atom is -0.330 e. The van der Waals surface area contributed by atoms with Crippen LogP contribution in [0.3, 0.4) is 0 Å². The van der Waals surface area contributed by atoms with Gasteiger partial charge in [0.1, 0.15) is 0 Å². The summed E-state index contributed by atoms with van der Waals surface area (Å²) in [5, 5.41) is 3.71. The van der Waals surface area contributed by atoms with Crippen molar-refractivity contribution in [1.29, 1.82) is 0 Å². The second-order valence-corrected chi connectivity index (χ2v) is 6.89. The molecular formula is C14H30N2. The lowest BCUT2D eigenvalue weighted by Gasteiger charge is -2.26. The van der Waals surface area contributed by atoms with E-state index in [0.717, 1.165) is 25.0 Å². The van der Waals surface area contributed by atoms with Gasteiger partial charge in [-0.25, -0.2) is 0 Å². The lowest BCUT2D eigenvalue weighted by atomic mass is 9.84. The molecule has 0 aromatic rings. The third kappa shape index (κ3) is 5.31. The molecule has 1 aliphatic carbocycles. The van der Waals surface area contributed by atoms with Crippen LogP contribution in [-0.2, 0) is 0 Å². The Labute approximate surface area is 101 Å². The zero-order valence-electron chi connectivity index (χ0n) is 11.6. The SMILES string of the molecule is CC1CCC(NCC(CN)CC(C)(C)C)C1. The van der Waals surface area contributed by atoms with E-state index in [-0.39, 0.29) is 0 Å².